The summed E-state index contributed by atoms with van der Waals surface area (Å²) in [6, 6.07) is 3.46. The Labute approximate surface area is 137 Å². The van der Waals surface area contributed by atoms with Crippen LogP contribution in [0.25, 0.3) is 6.08 Å². The van der Waals surface area contributed by atoms with Crippen LogP contribution in [-0.4, -0.2) is 48.3 Å². The Kier molecular flexibility index (Phi) is 5.28. The SMILES string of the molecule is COc1cc(C=C2SC(=S)N(CO)C2=O)cc(OC)c1OC. The summed E-state index contributed by atoms with van der Waals surface area (Å²) in [6.07, 6.45) is 1.67. The largest absolute Gasteiger partial charge is 0.493 e. The summed E-state index contributed by atoms with van der Waals surface area (Å²) in [7, 11) is 4.56. The van der Waals surface area contributed by atoms with Crippen molar-refractivity contribution in [1.82, 2.24) is 4.90 Å². The van der Waals surface area contributed by atoms with Gasteiger partial charge in [0.15, 0.2) is 11.5 Å². The molecule has 1 saturated heterocycles. The Balaban J connectivity index is 2.44. The molecule has 0 saturated carbocycles. The fourth-order valence-electron chi connectivity index (χ4n) is 1.96. The number of aliphatic hydroxyl groups excluding tert-OH is 1. The first kappa shape index (κ1) is 16.6. The molecule has 2 rings (SSSR count). The highest BCUT2D eigenvalue weighted by molar-refractivity contribution is 8.26. The number of ether oxygens (including phenoxy) is 3. The summed E-state index contributed by atoms with van der Waals surface area (Å²) in [6.45, 7) is -0.433. The molecule has 1 N–H and O–H groups in total. The highest BCUT2D eigenvalue weighted by atomic mass is 32.2. The van der Waals surface area contributed by atoms with E-state index in [0.29, 0.717) is 32.0 Å². The molecule has 1 aromatic carbocycles. The minimum Gasteiger partial charge on any atom is -0.493 e. The van der Waals surface area contributed by atoms with E-state index in [1.807, 2.05) is 0 Å². The monoisotopic (exact) mass is 341 g/mol. The molecule has 6 nitrogen and oxygen atoms in total. The summed E-state index contributed by atoms with van der Waals surface area (Å²) in [5, 5.41) is 9.14. The lowest BCUT2D eigenvalue weighted by molar-refractivity contribution is -0.124. The minimum absolute atomic E-state index is 0.325. The second-order valence-electron chi connectivity index (χ2n) is 4.21. The number of hydrogen-bond donors (Lipinski definition) is 1. The summed E-state index contributed by atoms with van der Waals surface area (Å²) in [4.78, 5) is 13.6. The molecular formula is C14H15NO5S2. The summed E-state index contributed by atoms with van der Waals surface area (Å²) < 4.78 is 16.1. The van der Waals surface area contributed by atoms with Crippen molar-refractivity contribution < 1.29 is 24.1 Å². The van der Waals surface area contributed by atoms with Gasteiger partial charge in [-0.2, -0.15) is 0 Å². The fourth-order valence-corrected chi connectivity index (χ4v) is 3.20. The molecule has 22 heavy (non-hydrogen) atoms. The average Bonchev–Trinajstić information content (AvgIpc) is 2.79. The first-order valence-electron chi connectivity index (χ1n) is 6.22. The van der Waals surface area contributed by atoms with Gasteiger partial charge in [0, 0.05) is 0 Å². The van der Waals surface area contributed by atoms with E-state index in [9.17, 15) is 4.79 Å². The molecule has 1 aliphatic heterocycles. The van der Waals surface area contributed by atoms with Crippen LogP contribution in [0.3, 0.4) is 0 Å². The van der Waals surface area contributed by atoms with Crippen molar-refractivity contribution >= 4 is 40.3 Å². The molecule has 8 heteroatoms. The van der Waals surface area contributed by atoms with Gasteiger partial charge in [0.1, 0.15) is 11.1 Å². The van der Waals surface area contributed by atoms with Crippen molar-refractivity contribution in [3.05, 3.63) is 22.6 Å². The molecule has 1 heterocycles. The van der Waals surface area contributed by atoms with Gasteiger partial charge < -0.3 is 19.3 Å². The van der Waals surface area contributed by atoms with Gasteiger partial charge in [-0.1, -0.05) is 24.0 Å². The predicted octanol–water partition coefficient (Wildman–Crippen LogP) is 1.86. The third-order valence-corrected chi connectivity index (χ3v) is 4.38. The van der Waals surface area contributed by atoms with Gasteiger partial charge >= 0.3 is 0 Å². The van der Waals surface area contributed by atoms with Gasteiger partial charge in [-0.15, -0.1) is 0 Å². The Morgan fingerprint density at radius 3 is 2.23 bits per heavy atom. The van der Waals surface area contributed by atoms with Gasteiger partial charge in [-0.05, 0) is 23.8 Å². The first-order valence-corrected chi connectivity index (χ1v) is 7.44. The second-order valence-corrected chi connectivity index (χ2v) is 5.89. The normalized spacial score (nSPS) is 16.4. The molecule has 0 aromatic heterocycles. The van der Waals surface area contributed by atoms with Crippen molar-refractivity contribution in [3.8, 4) is 17.2 Å². The van der Waals surface area contributed by atoms with E-state index < -0.39 is 6.73 Å². The zero-order valence-corrected chi connectivity index (χ0v) is 13.9. The Morgan fingerprint density at radius 2 is 1.82 bits per heavy atom. The molecule has 118 valence electrons. The molecule has 0 radical (unpaired) electrons. The lowest BCUT2D eigenvalue weighted by atomic mass is 10.1. The van der Waals surface area contributed by atoms with E-state index in [-0.39, 0.29) is 5.91 Å². The number of amides is 1. The molecule has 0 atom stereocenters. The molecule has 1 fully saturated rings. The third kappa shape index (κ3) is 3.03. The predicted molar refractivity (Wildman–Crippen MR) is 88.2 cm³/mol. The van der Waals surface area contributed by atoms with Crippen LogP contribution in [0.2, 0.25) is 0 Å². The Morgan fingerprint density at radius 1 is 1.23 bits per heavy atom. The standard InChI is InChI=1S/C14H15NO5S2/c1-18-9-4-8(5-10(19-2)12(9)20-3)6-11-13(17)15(7-16)14(21)22-11/h4-6,16H,7H2,1-3H3. The summed E-state index contributed by atoms with van der Waals surface area (Å²) in [5.74, 6) is 1.13. The van der Waals surface area contributed by atoms with E-state index in [4.69, 9.17) is 31.5 Å². The highest BCUT2D eigenvalue weighted by Crippen LogP contribution is 2.40. The number of carbonyl (C=O) groups excluding carboxylic acids is 1. The lowest BCUT2D eigenvalue weighted by Crippen LogP contribution is -2.28. The fraction of sp³-hybridized carbons (Fsp3) is 0.286. The van der Waals surface area contributed by atoms with Gasteiger partial charge in [0.05, 0.1) is 26.2 Å². The van der Waals surface area contributed by atoms with Gasteiger partial charge in [-0.25, -0.2) is 0 Å². The molecule has 1 aliphatic rings. The van der Waals surface area contributed by atoms with Crippen LogP contribution in [0.4, 0.5) is 0 Å². The molecule has 0 spiro atoms. The van der Waals surface area contributed by atoms with Crippen molar-refractivity contribution in [2.24, 2.45) is 0 Å². The van der Waals surface area contributed by atoms with Crippen LogP contribution < -0.4 is 14.2 Å². The highest BCUT2D eigenvalue weighted by Gasteiger charge is 2.31. The average molecular weight is 341 g/mol. The smallest absolute Gasteiger partial charge is 0.268 e. The number of aliphatic hydroxyl groups is 1. The number of rotatable bonds is 5. The number of nitrogens with zero attached hydrogens (tertiary/aromatic N) is 1. The lowest BCUT2D eigenvalue weighted by Gasteiger charge is -2.13. The second kappa shape index (κ2) is 6.99. The zero-order valence-electron chi connectivity index (χ0n) is 12.3. The van der Waals surface area contributed by atoms with Crippen molar-refractivity contribution in [2.45, 2.75) is 0 Å². The van der Waals surface area contributed by atoms with E-state index >= 15 is 0 Å². The van der Waals surface area contributed by atoms with Crippen LogP contribution in [0.15, 0.2) is 17.0 Å². The van der Waals surface area contributed by atoms with Gasteiger partial charge in [0.2, 0.25) is 5.75 Å². The number of benzene rings is 1. The van der Waals surface area contributed by atoms with Gasteiger partial charge in [-0.3, -0.25) is 9.69 Å². The molecular weight excluding hydrogens is 326 g/mol. The molecule has 0 unspecified atom stereocenters. The van der Waals surface area contributed by atoms with E-state index in [1.165, 1.54) is 21.3 Å². The Hall–Kier alpha value is -1.77. The molecule has 1 amide bonds. The number of carbonyl (C=O) groups is 1. The maximum absolute atomic E-state index is 12.1. The maximum Gasteiger partial charge on any atom is 0.268 e. The molecule has 1 aromatic rings. The van der Waals surface area contributed by atoms with Crippen LogP contribution in [0.1, 0.15) is 5.56 Å². The van der Waals surface area contributed by atoms with E-state index in [1.54, 1.807) is 18.2 Å². The van der Waals surface area contributed by atoms with Crippen LogP contribution >= 0.6 is 24.0 Å². The maximum atomic E-state index is 12.1. The van der Waals surface area contributed by atoms with E-state index in [2.05, 4.69) is 0 Å². The van der Waals surface area contributed by atoms with Crippen molar-refractivity contribution in [2.75, 3.05) is 28.1 Å². The zero-order chi connectivity index (χ0) is 16.3. The number of thioether (sulfide) groups is 1. The van der Waals surface area contributed by atoms with Crippen LogP contribution in [0.5, 0.6) is 17.2 Å². The minimum atomic E-state index is -0.433. The van der Waals surface area contributed by atoms with Crippen molar-refractivity contribution in [1.29, 1.82) is 0 Å². The topological polar surface area (TPSA) is 68.2 Å². The van der Waals surface area contributed by atoms with E-state index in [0.717, 1.165) is 16.7 Å². The van der Waals surface area contributed by atoms with Crippen LogP contribution in [0, 0.1) is 0 Å². The number of methoxy groups -OCH3 is 3. The summed E-state index contributed by atoms with van der Waals surface area (Å²) >= 11 is 6.18. The first-order chi connectivity index (χ1) is 10.5. The third-order valence-electron chi connectivity index (χ3n) is 3.00. The van der Waals surface area contributed by atoms with Gasteiger partial charge in [0.25, 0.3) is 5.91 Å². The molecule has 0 bridgehead atoms. The van der Waals surface area contributed by atoms with Crippen molar-refractivity contribution in [3.63, 3.8) is 0 Å². The summed E-state index contributed by atoms with van der Waals surface area (Å²) in [5.41, 5.74) is 0.702. The Bertz CT molecular complexity index is 619. The van der Waals surface area contributed by atoms with Crippen LogP contribution in [-0.2, 0) is 4.79 Å². The molecule has 0 aliphatic carbocycles. The number of hydrogen-bond acceptors (Lipinski definition) is 7. The number of thiocarbonyl (C=S) groups is 1. The quantitative estimate of drug-likeness (QED) is 0.647.